The Morgan fingerprint density at radius 3 is 2.03 bits per heavy atom. The minimum absolute atomic E-state index is 0.101. The summed E-state index contributed by atoms with van der Waals surface area (Å²) in [5, 5.41) is 5.34. The molecular formula is C25H32N2O5. The maximum atomic E-state index is 12.9. The topological polar surface area (TPSA) is 93.7 Å². The molecule has 0 radical (unpaired) electrons. The lowest BCUT2D eigenvalue weighted by Gasteiger charge is -2.24. The van der Waals surface area contributed by atoms with E-state index >= 15 is 0 Å². The Labute approximate surface area is 189 Å². The first-order chi connectivity index (χ1) is 15.4. The van der Waals surface area contributed by atoms with Gasteiger partial charge in [-0.15, -0.1) is 0 Å². The van der Waals surface area contributed by atoms with E-state index in [9.17, 15) is 14.4 Å². The van der Waals surface area contributed by atoms with Crippen molar-refractivity contribution in [3.8, 4) is 0 Å². The van der Waals surface area contributed by atoms with Crippen LogP contribution in [-0.2, 0) is 32.1 Å². The van der Waals surface area contributed by atoms with E-state index in [1.54, 1.807) is 0 Å². The largest absolute Gasteiger partial charge is 0.467 e. The van der Waals surface area contributed by atoms with Crippen molar-refractivity contribution in [2.45, 2.75) is 51.8 Å². The molecule has 2 aromatic rings. The number of esters is 1. The summed E-state index contributed by atoms with van der Waals surface area (Å²) in [4.78, 5) is 37.3. The molecule has 172 valence electrons. The third kappa shape index (κ3) is 8.41. The SMILES string of the molecule is COC(=O)[C@H](CCCc1ccccc1)NC(=O)[C@H](NC(=O)OCc1ccccc1)C(C)C. The first kappa shape index (κ1) is 24.9. The van der Waals surface area contributed by atoms with Crippen molar-refractivity contribution in [3.05, 3.63) is 71.8 Å². The molecule has 2 N–H and O–H groups in total. The molecule has 7 nitrogen and oxygen atoms in total. The Bertz CT molecular complexity index is 855. The van der Waals surface area contributed by atoms with Gasteiger partial charge in [-0.2, -0.15) is 0 Å². The van der Waals surface area contributed by atoms with Crippen molar-refractivity contribution in [3.63, 3.8) is 0 Å². The van der Waals surface area contributed by atoms with Gasteiger partial charge in [-0.25, -0.2) is 9.59 Å². The van der Waals surface area contributed by atoms with Gasteiger partial charge in [-0.3, -0.25) is 4.79 Å². The quantitative estimate of drug-likeness (QED) is 0.521. The summed E-state index contributed by atoms with van der Waals surface area (Å²) in [7, 11) is 1.29. The molecule has 7 heteroatoms. The lowest BCUT2D eigenvalue weighted by molar-refractivity contribution is -0.145. The van der Waals surface area contributed by atoms with Gasteiger partial charge in [-0.05, 0) is 36.3 Å². The Hall–Kier alpha value is -3.35. The van der Waals surface area contributed by atoms with Crippen LogP contribution in [0.5, 0.6) is 0 Å². The molecule has 2 amide bonds. The molecule has 0 aliphatic heterocycles. The third-order valence-corrected chi connectivity index (χ3v) is 5.04. The van der Waals surface area contributed by atoms with Crippen molar-refractivity contribution in [2.24, 2.45) is 5.92 Å². The maximum Gasteiger partial charge on any atom is 0.408 e. The molecule has 2 rings (SSSR count). The summed E-state index contributed by atoms with van der Waals surface area (Å²) < 4.78 is 10.1. The second-order valence-electron chi connectivity index (χ2n) is 7.89. The summed E-state index contributed by atoms with van der Waals surface area (Å²) in [6, 6.07) is 17.5. The predicted octanol–water partition coefficient (Wildman–Crippen LogP) is 3.62. The van der Waals surface area contributed by atoms with E-state index in [1.807, 2.05) is 74.5 Å². The minimum Gasteiger partial charge on any atom is -0.467 e. The normalized spacial score (nSPS) is 12.5. The Kier molecular flexibility index (Phi) is 10.2. The number of rotatable bonds is 11. The van der Waals surface area contributed by atoms with E-state index < -0.39 is 30.1 Å². The highest BCUT2D eigenvalue weighted by Gasteiger charge is 2.29. The van der Waals surface area contributed by atoms with Gasteiger partial charge >= 0.3 is 12.1 Å². The number of alkyl carbamates (subject to hydrolysis) is 1. The molecule has 0 aliphatic carbocycles. The van der Waals surface area contributed by atoms with Crippen LogP contribution in [0.25, 0.3) is 0 Å². The van der Waals surface area contributed by atoms with E-state index in [4.69, 9.17) is 9.47 Å². The van der Waals surface area contributed by atoms with Gasteiger partial charge in [0.05, 0.1) is 7.11 Å². The van der Waals surface area contributed by atoms with Gasteiger partial charge in [-0.1, -0.05) is 74.5 Å². The van der Waals surface area contributed by atoms with E-state index in [2.05, 4.69) is 10.6 Å². The summed E-state index contributed by atoms with van der Waals surface area (Å²) in [5.74, 6) is -1.17. The second-order valence-corrected chi connectivity index (χ2v) is 7.89. The summed E-state index contributed by atoms with van der Waals surface area (Å²) in [6.45, 7) is 3.72. The van der Waals surface area contributed by atoms with E-state index in [1.165, 1.54) is 7.11 Å². The summed E-state index contributed by atoms with van der Waals surface area (Å²) >= 11 is 0. The number of carbonyl (C=O) groups is 3. The van der Waals surface area contributed by atoms with Crippen LogP contribution in [0.3, 0.4) is 0 Å². The van der Waals surface area contributed by atoms with Crippen LogP contribution in [0.2, 0.25) is 0 Å². The van der Waals surface area contributed by atoms with Crippen molar-refractivity contribution in [1.82, 2.24) is 10.6 Å². The number of nitrogens with one attached hydrogen (secondary N) is 2. The Morgan fingerprint density at radius 2 is 1.47 bits per heavy atom. The maximum absolute atomic E-state index is 12.9. The highest BCUT2D eigenvalue weighted by molar-refractivity contribution is 5.89. The standard InChI is InChI=1S/C25H32N2O5/c1-18(2)22(27-25(30)32-17-20-13-8-5-9-14-20)23(28)26-21(24(29)31-3)16-10-15-19-11-6-4-7-12-19/h4-9,11-14,18,21-22H,10,15-17H2,1-3H3,(H,26,28)(H,27,30)/t21-,22+/m0/s1. The zero-order valence-electron chi connectivity index (χ0n) is 18.9. The van der Waals surface area contributed by atoms with Crippen molar-refractivity contribution >= 4 is 18.0 Å². The van der Waals surface area contributed by atoms with Gasteiger partial charge < -0.3 is 20.1 Å². The van der Waals surface area contributed by atoms with Crippen LogP contribution in [0, 0.1) is 5.92 Å². The van der Waals surface area contributed by atoms with E-state index in [0.29, 0.717) is 12.8 Å². The highest BCUT2D eigenvalue weighted by atomic mass is 16.5. The summed E-state index contributed by atoms with van der Waals surface area (Å²) in [6.07, 6.45) is 1.21. The number of carbonyl (C=O) groups excluding carboxylic acids is 3. The van der Waals surface area contributed by atoms with Crippen molar-refractivity contribution < 1.29 is 23.9 Å². The van der Waals surface area contributed by atoms with Gasteiger partial charge in [0, 0.05) is 0 Å². The third-order valence-electron chi connectivity index (χ3n) is 5.04. The number of methoxy groups -OCH3 is 1. The van der Waals surface area contributed by atoms with Gasteiger partial charge in [0.2, 0.25) is 5.91 Å². The van der Waals surface area contributed by atoms with E-state index in [-0.39, 0.29) is 12.5 Å². The minimum atomic E-state index is -0.848. The smallest absolute Gasteiger partial charge is 0.408 e. The van der Waals surface area contributed by atoms with Gasteiger partial charge in [0.25, 0.3) is 0 Å². The average molecular weight is 441 g/mol. The van der Waals surface area contributed by atoms with Crippen LogP contribution in [-0.4, -0.2) is 37.2 Å². The first-order valence-electron chi connectivity index (χ1n) is 10.8. The average Bonchev–Trinajstić information content (AvgIpc) is 2.81. The first-order valence-corrected chi connectivity index (χ1v) is 10.8. The van der Waals surface area contributed by atoms with E-state index in [0.717, 1.165) is 17.5 Å². The van der Waals surface area contributed by atoms with Crippen molar-refractivity contribution in [1.29, 1.82) is 0 Å². The molecule has 0 spiro atoms. The van der Waals surface area contributed by atoms with Crippen molar-refractivity contribution in [2.75, 3.05) is 7.11 Å². The molecule has 0 saturated heterocycles. The van der Waals surface area contributed by atoms with Gasteiger partial charge in [0.15, 0.2) is 0 Å². The lowest BCUT2D eigenvalue weighted by Crippen LogP contribution is -2.54. The molecule has 2 aromatic carbocycles. The number of amides is 2. The van der Waals surface area contributed by atoms with Crippen LogP contribution < -0.4 is 10.6 Å². The van der Waals surface area contributed by atoms with Crippen LogP contribution in [0.15, 0.2) is 60.7 Å². The fourth-order valence-electron chi connectivity index (χ4n) is 3.23. The van der Waals surface area contributed by atoms with Crippen LogP contribution >= 0.6 is 0 Å². The molecule has 0 heterocycles. The number of ether oxygens (including phenoxy) is 2. The zero-order valence-corrected chi connectivity index (χ0v) is 18.9. The lowest BCUT2D eigenvalue weighted by atomic mass is 10.0. The number of hydrogen-bond donors (Lipinski definition) is 2. The van der Waals surface area contributed by atoms with Crippen LogP contribution in [0.1, 0.15) is 37.8 Å². The predicted molar refractivity (Wildman–Crippen MR) is 122 cm³/mol. The van der Waals surface area contributed by atoms with Gasteiger partial charge in [0.1, 0.15) is 18.7 Å². The molecule has 32 heavy (non-hydrogen) atoms. The molecule has 0 unspecified atom stereocenters. The zero-order chi connectivity index (χ0) is 23.3. The fourth-order valence-corrected chi connectivity index (χ4v) is 3.23. The number of benzene rings is 2. The highest BCUT2D eigenvalue weighted by Crippen LogP contribution is 2.10. The second kappa shape index (κ2) is 13.1. The summed E-state index contributed by atoms with van der Waals surface area (Å²) in [5.41, 5.74) is 2.00. The Balaban J connectivity index is 1.91. The molecule has 0 bridgehead atoms. The molecule has 0 saturated carbocycles. The Morgan fingerprint density at radius 1 is 0.875 bits per heavy atom. The molecule has 2 atom stereocenters. The molecular weight excluding hydrogens is 408 g/mol. The molecule has 0 fully saturated rings. The monoisotopic (exact) mass is 440 g/mol. The number of hydrogen-bond acceptors (Lipinski definition) is 5. The molecule has 0 aliphatic rings. The fraction of sp³-hybridized carbons (Fsp3) is 0.400. The van der Waals surface area contributed by atoms with Crippen LogP contribution in [0.4, 0.5) is 4.79 Å². The number of aryl methyl sites for hydroxylation is 1. The molecule has 0 aromatic heterocycles.